The summed E-state index contributed by atoms with van der Waals surface area (Å²) in [6.07, 6.45) is 0. The number of amides is 1. The monoisotopic (exact) mass is 405 g/mol. The minimum Gasteiger partial charge on any atom is -0.497 e. The number of benzene rings is 2. The van der Waals surface area contributed by atoms with Gasteiger partial charge in [0, 0.05) is 24.7 Å². The molecule has 28 heavy (non-hydrogen) atoms. The van der Waals surface area contributed by atoms with Crippen molar-refractivity contribution < 1.29 is 22.7 Å². The zero-order valence-electron chi connectivity index (χ0n) is 15.8. The van der Waals surface area contributed by atoms with Gasteiger partial charge >= 0.3 is 10.2 Å². The molecule has 9 heteroatoms. The lowest BCUT2D eigenvalue weighted by molar-refractivity contribution is -0.125. The van der Waals surface area contributed by atoms with E-state index in [1.165, 1.54) is 18.5 Å². The van der Waals surface area contributed by atoms with E-state index in [1.54, 1.807) is 18.2 Å². The SMILES string of the molecule is COc1ccc(CN2C(=O)CN(Cc3ccc(CN)cc3)S2(=O)=O)c(OC)c1. The number of hydrogen-bond donors (Lipinski definition) is 1. The van der Waals surface area contributed by atoms with Crippen molar-refractivity contribution in [3.63, 3.8) is 0 Å². The van der Waals surface area contributed by atoms with Gasteiger partial charge in [0.05, 0.1) is 27.3 Å². The van der Waals surface area contributed by atoms with E-state index in [9.17, 15) is 13.2 Å². The summed E-state index contributed by atoms with van der Waals surface area (Å²) in [5.41, 5.74) is 7.91. The predicted molar refractivity (Wildman–Crippen MR) is 104 cm³/mol. The van der Waals surface area contributed by atoms with Crippen molar-refractivity contribution >= 4 is 16.1 Å². The van der Waals surface area contributed by atoms with E-state index < -0.39 is 16.1 Å². The van der Waals surface area contributed by atoms with Gasteiger partial charge in [0.2, 0.25) is 0 Å². The molecule has 1 aliphatic heterocycles. The molecule has 2 aromatic carbocycles. The van der Waals surface area contributed by atoms with Gasteiger partial charge in [0.15, 0.2) is 0 Å². The first-order valence-electron chi connectivity index (χ1n) is 8.68. The Morgan fingerprint density at radius 3 is 2.29 bits per heavy atom. The number of nitrogens with zero attached hydrogens (tertiary/aromatic N) is 2. The molecule has 1 amide bonds. The summed E-state index contributed by atoms with van der Waals surface area (Å²) in [6, 6.07) is 12.4. The molecule has 0 spiro atoms. The van der Waals surface area contributed by atoms with Gasteiger partial charge < -0.3 is 15.2 Å². The fraction of sp³-hybridized carbons (Fsp3) is 0.316. The summed E-state index contributed by atoms with van der Waals surface area (Å²) < 4.78 is 38.3. The van der Waals surface area contributed by atoms with E-state index in [2.05, 4.69) is 0 Å². The van der Waals surface area contributed by atoms with Gasteiger partial charge in [-0.2, -0.15) is 12.7 Å². The first-order valence-corrected chi connectivity index (χ1v) is 10.1. The van der Waals surface area contributed by atoms with E-state index in [1.807, 2.05) is 24.3 Å². The average molecular weight is 405 g/mol. The topological polar surface area (TPSA) is 102 Å². The summed E-state index contributed by atoms with van der Waals surface area (Å²) in [5, 5.41) is 0. The van der Waals surface area contributed by atoms with Gasteiger partial charge in [0.1, 0.15) is 11.5 Å². The highest BCUT2D eigenvalue weighted by atomic mass is 32.2. The normalized spacial score (nSPS) is 16.4. The highest BCUT2D eigenvalue weighted by Gasteiger charge is 2.42. The quantitative estimate of drug-likeness (QED) is 0.744. The second-order valence-electron chi connectivity index (χ2n) is 6.37. The minimum atomic E-state index is -3.92. The second-order valence-corrected chi connectivity index (χ2v) is 8.23. The van der Waals surface area contributed by atoms with E-state index in [-0.39, 0.29) is 19.6 Å². The van der Waals surface area contributed by atoms with Crippen LogP contribution in [0.3, 0.4) is 0 Å². The zero-order chi connectivity index (χ0) is 20.3. The molecule has 0 aromatic heterocycles. The maximum absolute atomic E-state index is 12.9. The average Bonchev–Trinajstić information content (AvgIpc) is 2.91. The fourth-order valence-electron chi connectivity index (χ4n) is 3.01. The van der Waals surface area contributed by atoms with Crippen molar-refractivity contribution in [3.05, 3.63) is 59.2 Å². The van der Waals surface area contributed by atoms with E-state index in [4.69, 9.17) is 15.2 Å². The molecule has 1 saturated heterocycles. The van der Waals surface area contributed by atoms with Crippen molar-refractivity contribution in [2.45, 2.75) is 19.6 Å². The van der Waals surface area contributed by atoms with Crippen LogP contribution in [-0.2, 0) is 34.6 Å². The van der Waals surface area contributed by atoms with Crippen LogP contribution in [0.1, 0.15) is 16.7 Å². The molecule has 0 saturated carbocycles. The molecule has 2 aromatic rings. The van der Waals surface area contributed by atoms with Crippen LogP contribution in [0.25, 0.3) is 0 Å². The Kier molecular flexibility index (Phi) is 5.87. The Hall–Kier alpha value is -2.62. The molecule has 1 heterocycles. The number of hydrogen-bond acceptors (Lipinski definition) is 6. The Morgan fingerprint density at radius 2 is 1.68 bits per heavy atom. The van der Waals surface area contributed by atoms with Gasteiger partial charge in [-0.25, -0.2) is 4.31 Å². The Balaban J connectivity index is 1.80. The summed E-state index contributed by atoms with van der Waals surface area (Å²) in [7, 11) is -0.914. The number of ether oxygens (including phenoxy) is 2. The molecule has 0 unspecified atom stereocenters. The first-order chi connectivity index (χ1) is 13.4. The Bertz CT molecular complexity index is 960. The third kappa shape index (κ3) is 3.96. The molecule has 0 aliphatic carbocycles. The highest BCUT2D eigenvalue weighted by molar-refractivity contribution is 7.87. The van der Waals surface area contributed by atoms with Crippen molar-refractivity contribution in [2.24, 2.45) is 5.73 Å². The third-order valence-corrected chi connectivity index (χ3v) is 6.42. The van der Waals surface area contributed by atoms with Crippen LogP contribution < -0.4 is 15.2 Å². The minimum absolute atomic E-state index is 0.100. The summed E-state index contributed by atoms with van der Waals surface area (Å²) in [5.74, 6) is 0.563. The third-order valence-electron chi connectivity index (χ3n) is 4.62. The fourth-order valence-corrected chi connectivity index (χ4v) is 4.49. The molecule has 0 atom stereocenters. The maximum atomic E-state index is 12.9. The molecule has 8 nitrogen and oxygen atoms in total. The lowest BCUT2D eigenvalue weighted by Gasteiger charge is -2.20. The van der Waals surface area contributed by atoms with Gasteiger partial charge in [-0.15, -0.1) is 0 Å². The van der Waals surface area contributed by atoms with E-state index in [0.29, 0.717) is 23.6 Å². The summed E-state index contributed by atoms with van der Waals surface area (Å²) >= 11 is 0. The molecule has 150 valence electrons. The number of rotatable bonds is 7. The molecule has 1 fully saturated rings. The number of nitrogens with two attached hydrogens (primary N) is 1. The largest absolute Gasteiger partial charge is 0.497 e. The van der Waals surface area contributed by atoms with Crippen molar-refractivity contribution in [1.82, 2.24) is 8.61 Å². The van der Waals surface area contributed by atoms with E-state index in [0.717, 1.165) is 15.4 Å². The molecule has 0 radical (unpaired) electrons. The Labute approximate surface area is 164 Å². The molecular weight excluding hydrogens is 382 g/mol. The Morgan fingerprint density at radius 1 is 1.00 bits per heavy atom. The molecule has 2 N–H and O–H groups in total. The number of carbonyl (C=O) groups excluding carboxylic acids is 1. The van der Waals surface area contributed by atoms with Gasteiger partial charge in [-0.1, -0.05) is 24.3 Å². The predicted octanol–water partition coefficient (Wildman–Crippen LogP) is 1.25. The molecule has 3 rings (SSSR count). The van der Waals surface area contributed by atoms with Crippen molar-refractivity contribution in [1.29, 1.82) is 0 Å². The van der Waals surface area contributed by atoms with Crippen LogP contribution >= 0.6 is 0 Å². The van der Waals surface area contributed by atoms with Gasteiger partial charge in [-0.05, 0) is 23.3 Å². The lowest BCUT2D eigenvalue weighted by atomic mass is 10.1. The highest BCUT2D eigenvalue weighted by Crippen LogP contribution is 2.29. The number of carbonyl (C=O) groups is 1. The summed E-state index contributed by atoms with van der Waals surface area (Å²) in [6.45, 7) is 0.240. The van der Waals surface area contributed by atoms with Crippen molar-refractivity contribution in [2.75, 3.05) is 20.8 Å². The number of methoxy groups -OCH3 is 2. The first kappa shape index (κ1) is 20.1. The van der Waals surface area contributed by atoms with Crippen LogP contribution in [-0.4, -0.2) is 43.7 Å². The van der Waals surface area contributed by atoms with Crippen LogP contribution in [0.4, 0.5) is 0 Å². The van der Waals surface area contributed by atoms with Crippen LogP contribution in [0, 0.1) is 0 Å². The maximum Gasteiger partial charge on any atom is 0.307 e. The van der Waals surface area contributed by atoms with Crippen LogP contribution in [0.5, 0.6) is 11.5 Å². The van der Waals surface area contributed by atoms with Crippen molar-refractivity contribution in [3.8, 4) is 11.5 Å². The van der Waals surface area contributed by atoms with Gasteiger partial charge in [0.25, 0.3) is 5.91 Å². The van der Waals surface area contributed by atoms with E-state index >= 15 is 0 Å². The molecular formula is C19H23N3O5S. The van der Waals surface area contributed by atoms with Gasteiger partial charge in [-0.3, -0.25) is 4.79 Å². The zero-order valence-corrected chi connectivity index (χ0v) is 16.6. The molecule has 1 aliphatic rings. The summed E-state index contributed by atoms with van der Waals surface area (Å²) in [4.78, 5) is 12.4. The standard InChI is InChI=1S/C19H23N3O5S/c1-26-17-8-7-16(18(9-17)27-2)12-22-19(23)13-21(28(22,24)25)11-15-5-3-14(10-20)4-6-15/h3-9H,10-13,20H2,1-2H3. The van der Waals surface area contributed by atoms with Crippen LogP contribution in [0.2, 0.25) is 0 Å². The second kappa shape index (κ2) is 8.17. The lowest BCUT2D eigenvalue weighted by Crippen LogP contribution is -2.33. The van der Waals surface area contributed by atoms with Crippen LogP contribution in [0.15, 0.2) is 42.5 Å². The molecule has 0 bridgehead atoms. The smallest absolute Gasteiger partial charge is 0.307 e.